The Morgan fingerprint density at radius 2 is 2.00 bits per heavy atom. The highest BCUT2D eigenvalue weighted by atomic mass is 16.5. The molecule has 20 heavy (non-hydrogen) atoms. The van der Waals surface area contributed by atoms with Gasteiger partial charge in [-0.15, -0.1) is 0 Å². The number of urea groups is 1. The molecule has 0 bridgehead atoms. The number of carbonyl (C=O) groups excluding carboxylic acids is 2. The van der Waals surface area contributed by atoms with Crippen LogP contribution in [0.4, 0.5) is 4.79 Å². The van der Waals surface area contributed by atoms with Crippen LogP contribution in [0, 0.1) is 5.92 Å². The topological polar surface area (TPSA) is 95.9 Å². The highest BCUT2D eigenvalue weighted by Crippen LogP contribution is 2.25. The van der Waals surface area contributed by atoms with Gasteiger partial charge in [0.15, 0.2) is 0 Å². The lowest BCUT2D eigenvalue weighted by molar-refractivity contribution is -0.144. The summed E-state index contributed by atoms with van der Waals surface area (Å²) >= 11 is 0. The number of hydrogen-bond donors (Lipinski definition) is 2. The number of carboxylic acids is 1. The third-order valence-corrected chi connectivity index (χ3v) is 3.44. The summed E-state index contributed by atoms with van der Waals surface area (Å²) in [6.07, 6.45) is 2.01. The largest absolute Gasteiger partial charge is 0.481 e. The molecule has 7 nitrogen and oxygen atoms in total. The molecule has 0 aromatic carbocycles. The minimum atomic E-state index is -0.888. The van der Waals surface area contributed by atoms with Crippen LogP contribution in [-0.4, -0.2) is 53.7 Å². The zero-order valence-electron chi connectivity index (χ0n) is 11.9. The molecule has 0 heterocycles. The van der Waals surface area contributed by atoms with Gasteiger partial charge in [-0.3, -0.25) is 9.59 Å². The Balaban J connectivity index is 2.54. The van der Waals surface area contributed by atoms with Crippen LogP contribution in [0.5, 0.6) is 0 Å². The summed E-state index contributed by atoms with van der Waals surface area (Å²) in [5.41, 5.74) is 0. The fourth-order valence-corrected chi connectivity index (χ4v) is 2.37. The Morgan fingerprint density at radius 1 is 1.30 bits per heavy atom. The van der Waals surface area contributed by atoms with E-state index in [0.717, 1.165) is 6.42 Å². The van der Waals surface area contributed by atoms with Gasteiger partial charge in [-0.2, -0.15) is 0 Å². The number of esters is 1. The average Bonchev–Trinajstić information content (AvgIpc) is 2.84. The van der Waals surface area contributed by atoms with Crippen LogP contribution in [0.1, 0.15) is 33.1 Å². The predicted molar refractivity (Wildman–Crippen MR) is 71.2 cm³/mol. The van der Waals surface area contributed by atoms with E-state index in [-0.39, 0.29) is 19.2 Å². The van der Waals surface area contributed by atoms with Gasteiger partial charge in [-0.05, 0) is 26.7 Å². The quantitative estimate of drug-likeness (QED) is 0.705. The molecule has 2 N–H and O–H groups in total. The van der Waals surface area contributed by atoms with E-state index in [9.17, 15) is 14.4 Å². The maximum atomic E-state index is 12.1. The molecular formula is C13H22N2O5. The SMILES string of the molecule is CCOC(=O)CN(CC)C(=O)NC1CCCC1C(=O)O. The summed E-state index contributed by atoms with van der Waals surface area (Å²) in [6, 6.07) is -0.782. The smallest absolute Gasteiger partial charge is 0.325 e. The van der Waals surface area contributed by atoms with Crippen LogP contribution in [0.2, 0.25) is 0 Å². The van der Waals surface area contributed by atoms with Crippen molar-refractivity contribution in [2.75, 3.05) is 19.7 Å². The van der Waals surface area contributed by atoms with Crippen LogP contribution in [-0.2, 0) is 14.3 Å². The Hall–Kier alpha value is -1.79. The van der Waals surface area contributed by atoms with Crippen LogP contribution in [0.25, 0.3) is 0 Å². The van der Waals surface area contributed by atoms with Gasteiger partial charge in [-0.25, -0.2) is 4.79 Å². The van der Waals surface area contributed by atoms with Gasteiger partial charge in [0.25, 0.3) is 0 Å². The first-order chi connectivity index (χ1) is 9.49. The van der Waals surface area contributed by atoms with Crippen molar-refractivity contribution in [2.45, 2.75) is 39.2 Å². The number of aliphatic carboxylic acids is 1. The highest BCUT2D eigenvalue weighted by molar-refractivity contribution is 5.82. The van der Waals surface area contributed by atoms with Gasteiger partial charge in [0.05, 0.1) is 12.5 Å². The molecule has 7 heteroatoms. The standard InChI is InChI=1S/C13H22N2O5/c1-3-15(8-11(16)20-4-2)13(19)14-10-7-5-6-9(10)12(17)18/h9-10H,3-8H2,1-2H3,(H,14,19)(H,17,18). The second-order valence-electron chi connectivity index (χ2n) is 4.75. The predicted octanol–water partition coefficient (Wildman–Crippen LogP) is 0.834. The lowest BCUT2D eigenvalue weighted by Crippen LogP contribution is -2.48. The second-order valence-corrected chi connectivity index (χ2v) is 4.75. The molecule has 0 spiro atoms. The number of likely N-dealkylation sites (N-methyl/N-ethyl adjacent to an activating group) is 1. The molecule has 0 aromatic heterocycles. The molecule has 1 rings (SSSR count). The number of amides is 2. The Bertz CT molecular complexity index is 372. The van der Waals surface area contributed by atoms with Crippen molar-refractivity contribution in [3.05, 3.63) is 0 Å². The fraction of sp³-hybridized carbons (Fsp3) is 0.769. The Labute approximate surface area is 118 Å². The van der Waals surface area contributed by atoms with E-state index in [1.165, 1.54) is 4.90 Å². The molecule has 1 aliphatic carbocycles. The van der Waals surface area contributed by atoms with Crippen molar-refractivity contribution in [1.29, 1.82) is 0 Å². The Kier molecular flexibility index (Phi) is 6.27. The number of ether oxygens (including phenoxy) is 1. The molecule has 1 aliphatic rings. The van der Waals surface area contributed by atoms with Crippen LogP contribution in [0.15, 0.2) is 0 Å². The van der Waals surface area contributed by atoms with Gasteiger partial charge in [0.1, 0.15) is 6.54 Å². The number of carboxylic acid groups (broad SMARTS) is 1. The maximum absolute atomic E-state index is 12.1. The van der Waals surface area contributed by atoms with Crippen molar-refractivity contribution in [3.63, 3.8) is 0 Å². The van der Waals surface area contributed by atoms with Crippen molar-refractivity contribution >= 4 is 18.0 Å². The van der Waals surface area contributed by atoms with Crippen molar-refractivity contribution in [2.24, 2.45) is 5.92 Å². The lowest BCUT2D eigenvalue weighted by Gasteiger charge is -2.24. The minimum absolute atomic E-state index is 0.124. The normalized spacial score (nSPS) is 21.3. The van der Waals surface area contributed by atoms with Crippen LogP contribution >= 0.6 is 0 Å². The molecule has 114 valence electrons. The summed E-state index contributed by atoms with van der Waals surface area (Å²) in [4.78, 5) is 35.8. The van der Waals surface area contributed by atoms with E-state index in [1.807, 2.05) is 0 Å². The summed E-state index contributed by atoms with van der Waals surface area (Å²) in [7, 11) is 0. The number of rotatable bonds is 6. The average molecular weight is 286 g/mol. The van der Waals surface area contributed by atoms with Crippen molar-refractivity contribution < 1.29 is 24.2 Å². The monoisotopic (exact) mass is 286 g/mol. The zero-order valence-corrected chi connectivity index (χ0v) is 11.9. The number of hydrogen-bond acceptors (Lipinski definition) is 4. The molecule has 2 amide bonds. The van der Waals surface area contributed by atoms with Crippen LogP contribution < -0.4 is 5.32 Å². The van der Waals surface area contributed by atoms with E-state index in [1.54, 1.807) is 13.8 Å². The van der Waals surface area contributed by atoms with Crippen LogP contribution in [0.3, 0.4) is 0 Å². The summed E-state index contributed by atoms with van der Waals surface area (Å²) in [5, 5.41) is 11.8. The van der Waals surface area contributed by atoms with E-state index in [2.05, 4.69) is 5.32 Å². The second kappa shape index (κ2) is 7.72. The zero-order chi connectivity index (χ0) is 15.1. The van der Waals surface area contributed by atoms with Gasteiger partial charge in [0, 0.05) is 12.6 Å². The van der Waals surface area contributed by atoms with Gasteiger partial charge >= 0.3 is 18.0 Å². The van der Waals surface area contributed by atoms with Gasteiger partial charge in [-0.1, -0.05) is 6.42 Å². The third kappa shape index (κ3) is 4.40. The molecular weight excluding hydrogens is 264 g/mol. The molecule has 0 aliphatic heterocycles. The molecule has 2 atom stereocenters. The first-order valence-corrected chi connectivity index (χ1v) is 6.93. The van der Waals surface area contributed by atoms with E-state index >= 15 is 0 Å². The molecule has 1 fully saturated rings. The van der Waals surface area contributed by atoms with Gasteiger partial charge in [0.2, 0.25) is 0 Å². The summed E-state index contributed by atoms with van der Waals surface area (Å²) < 4.78 is 4.80. The van der Waals surface area contributed by atoms with E-state index in [4.69, 9.17) is 9.84 Å². The number of nitrogens with zero attached hydrogens (tertiary/aromatic N) is 1. The highest BCUT2D eigenvalue weighted by Gasteiger charge is 2.34. The molecule has 0 aromatic rings. The lowest BCUT2D eigenvalue weighted by atomic mass is 10.0. The van der Waals surface area contributed by atoms with Crippen molar-refractivity contribution in [3.8, 4) is 0 Å². The number of carbonyl (C=O) groups is 3. The van der Waals surface area contributed by atoms with E-state index in [0.29, 0.717) is 19.4 Å². The van der Waals surface area contributed by atoms with Gasteiger partial charge < -0.3 is 20.1 Å². The summed E-state index contributed by atoms with van der Waals surface area (Å²) in [6.45, 7) is 3.95. The molecule has 0 saturated heterocycles. The third-order valence-electron chi connectivity index (χ3n) is 3.44. The fourth-order valence-electron chi connectivity index (χ4n) is 2.37. The summed E-state index contributed by atoms with van der Waals surface area (Å²) in [5.74, 6) is -1.90. The molecule has 1 saturated carbocycles. The first-order valence-electron chi connectivity index (χ1n) is 6.93. The first kappa shape index (κ1) is 16.3. The minimum Gasteiger partial charge on any atom is -0.481 e. The number of nitrogens with one attached hydrogen (secondary N) is 1. The molecule has 0 radical (unpaired) electrons. The maximum Gasteiger partial charge on any atom is 0.325 e. The van der Waals surface area contributed by atoms with E-state index < -0.39 is 23.9 Å². The molecule has 2 unspecified atom stereocenters. The van der Waals surface area contributed by atoms with Crippen molar-refractivity contribution in [1.82, 2.24) is 10.2 Å². The Morgan fingerprint density at radius 3 is 2.55 bits per heavy atom.